The van der Waals surface area contributed by atoms with E-state index in [0.717, 1.165) is 31.5 Å². The summed E-state index contributed by atoms with van der Waals surface area (Å²) in [4.78, 5) is 12.4. The number of rotatable bonds is 4. The van der Waals surface area contributed by atoms with Crippen LogP contribution in [0.5, 0.6) is 0 Å². The Balaban J connectivity index is 1.72. The molecule has 3 rings (SSSR count). The molecule has 0 saturated heterocycles. The van der Waals surface area contributed by atoms with Crippen molar-refractivity contribution in [2.24, 2.45) is 0 Å². The smallest absolute Gasteiger partial charge is 0.254 e. The Kier molecular flexibility index (Phi) is 4.41. The second-order valence-electron chi connectivity index (χ2n) is 6.12. The monoisotopic (exact) mass is 333 g/mol. The standard InChI is InChI=1S/C17H20ClN3O2/c1-17(23,13-6-2-3-7-14(13)18)11-19-16(22)12-10-20-21-9-5-4-8-15(12)21/h2-3,6-7,10,23H,4-5,8-9,11H2,1H3,(H,19,22)/t17-/m1/s1. The minimum atomic E-state index is -1.23. The zero-order valence-electron chi connectivity index (χ0n) is 13.1. The number of carbonyl (C=O) groups excluding carboxylic acids is 1. The summed E-state index contributed by atoms with van der Waals surface area (Å²) in [5.74, 6) is -0.208. The van der Waals surface area contributed by atoms with Crippen molar-refractivity contribution < 1.29 is 9.90 Å². The highest BCUT2D eigenvalue weighted by Crippen LogP contribution is 2.27. The number of aromatic nitrogens is 2. The van der Waals surface area contributed by atoms with E-state index in [-0.39, 0.29) is 12.5 Å². The fourth-order valence-corrected chi connectivity index (χ4v) is 3.29. The summed E-state index contributed by atoms with van der Waals surface area (Å²) in [6.07, 6.45) is 4.64. The molecule has 0 radical (unpaired) electrons. The number of amides is 1. The molecule has 1 atom stereocenters. The van der Waals surface area contributed by atoms with Gasteiger partial charge in [0.05, 0.1) is 24.0 Å². The lowest BCUT2D eigenvalue weighted by Gasteiger charge is -2.25. The number of aryl methyl sites for hydroxylation is 1. The van der Waals surface area contributed by atoms with Crippen LogP contribution in [-0.4, -0.2) is 27.3 Å². The van der Waals surface area contributed by atoms with Gasteiger partial charge in [0.25, 0.3) is 5.91 Å². The Morgan fingerprint density at radius 3 is 3.00 bits per heavy atom. The van der Waals surface area contributed by atoms with Gasteiger partial charge in [-0.15, -0.1) is 0 Å². The second kappa shape index (κ2) is 6.34. The highest BCUT2D eigenvalue weighted by Gasteiger charge is 2.27. The van der Waals surface area contributed by atoms with E-state index in [1.165, 1.54) is 0 Å². The van der Waals surface area contributed by atoms with E-state index in [2.05, 4.69) is 10.4 Å². The number of halogens is 1. The second-order valence-corrected chi connectivity index (χ2v) is 6.53. The van der Waals surface area contributed by atoms with Gasteiger partial charge < -0.3 is 10.4 Å². The molecule has 122 valence electrons. The van der Waals surface area contributed by atoms with Gasteiger partial charge in [0.2, 0.25) is 0 Å². The van der Waals surface area contributed by atoms with Crippen LogP contribution in [0.2, 0.25) is 5.02 Å². The molecule has 2 aromatic rings. The fraction of sp³-hybridized carbons (Fsp3) is 0.412. The number of fused-ring (bicyclic) bond motifs is 1. The van der Waals surface area contributed by atoms with E-state index in [0.29, 0.717) is 16.1 Å². The van der Waals surface area contributed by atoms with Gasteiger partial charge in [0, 0.05) is 17.1 Å². The van der Waals surface area contributed by atoms with Crippen molar-refractivity contribution >= 4 is 17.5 Å². The van der Waals surface area contributed by atoms with Gasteiger partial charge in [0.15, 0.2) is 0 Å². The van der Waals surface area contributed by atoms with E-state index in [1.807, 2.05) is 10.7 Å². The Bertz CT molecular complexity index is 724. The van der Waals surface area contributed by atoms with Crippen molar-refractivity contribution in [1.82, 2.24) is 15.1 Å². The molecule has 0 fully saturated rings. The van der Waals surface area contributed by atoms with Gasteiger partial charge >= 0.3 is 0 Å². The average Bonchev–Trinajstić information content (AvgIpc) is 2.97. The first-order valence-corrected chi connectivity index (χ1v) is 8.17. The molecule has 1 aliphatic heterocycles. The molecule has 1 amide bonds. The van der Waals surface area contributed by atoms with Gasteiger partial charge in [-0.2, -0.15) is 5.10 Å². The molecule has 0 saturated carbocycles. The molecule has 1 aliphatic rings. The van der Waals surface area contributed by atoms with Crippen molar-refractivity contribution in [2.45, 2.75) is 38.3 Å². The van der Waals surface area contributed by atoms with E-state index in [9.17, 15) is 9.90 Å². The van der Waals surface area contributed by atoms with Crippen LogP contribution in [0.15, 0.2) is 30.5 Å². The van der Waals surface area contributed by atoms with Crippen molar-refractivity contribution in [3.05, 3.63) is 52.3 Å². The zero-order chi connectivity index (χ0) is 16.4. The zero-order valence-corrected chi connectivity index (χ0v) is 13.8. The highest BCUT2D eigenvalue weighted by atomic mass is 35.5. The van der Waals surface area contributed by atoms with Crippen LogP contribution in [0, 0.1) is 0 Å². The molecule has 1 aromatic carbocycles. The molecule has 2 heterocycles. The average molecular weight is 334 g/mol. The van der Waals surface area contributed by atoms with Gasteiger partial charge in [-0.3, -0.25) is 9.48 Å². The van der Waals surface area contributed by atoms with Gasteiger partial charge in [-0.05, 0) is 32.3 Å². The molecule has 0 unspecified atom stereocenters. The molecule has 6 heteroatoms. The van der Waals surface area contributed by atoms with E-state index in [4.69, 9.17) is 11.6 Å². The number of hydrogen-bond acceptors (Lipinski definition) is 3. The predicted molar refractivity (Wildman–Crippen MR) is 88.5 cm³/mol. The molecule has 1 aromatic heterocycles. The van der Waals surface area contributed by atoms with E-state index in [1.54, 1.807) is 31.3 Å². The first-order valence-electron chi connectivity index (χ1n) is 7.79. The summed E-state index contributed by atoms with van der Waals surface area (Å²) in [5.41, 5.74) is 0.936. The van der Waals surface area contributed by atoms with Crippen LogP contribution < -0.4 is 5.32 Å². The first kappa shape index (κ1) is 16.0. The summed E-state index contributed by atoms with van der Waals surface area (Å²) in [6.45, 7) is 2.59. The molecular formula is C17H20ClN3O2. The highest BCUT2D eigenvalue weighted by molar-refractivity contribution is 6.31. The van der Waals surface area contributed by atoms with Gasteiger partial charge in [0.1, 0.15) is 5.60 Å². The Hall–Kier alpha value is -1.85. The van der Waals surface area contributed by atoms with Crippen LogP contribution in [0.4, 0.5) is 0 Å². The number of nitrogens with one attached hydrogen (secondary N) is 1. The lowest BCUT2D eigenvalue weighted by atomic mass is 9.95. The summed E-state index contributed by atoms with van der Waals surface area (Å²) in [7, 11) is 0. The quantitative estimate of drug-likeness (QED) is 0.903. The SMILES string of the molecule is C[C@@](O)(CNC(=O)c1cnn2c1CCCC2)c1ccccc1Cl. The summed E-state index contributed by atoms with van der Waals surface area (Å²) >= 11 is 6.13. The minimum absolute atomic E-state index is 0.0835. The summed E-state index contributed by atoms with van der Waals surface area (Å²) in [6, 6.07) is 7.10. The third kappa shape index (κ3) is 3.26. The van der Waals surface area contributed by atoms with Gasteiger partial charge in [-0.1, -0.05) is 29.8 Å². The van der Waals surface area contributed by atoms with Crippen LogP contribution in [-0.2, 0) is 18.6 Å². The van der Waals surface area contributed by atoms with Crippen LogP contribution >= 0.6 is 11.6 Å². The topological polar surface area (TPSA) is 67.2 Å². The Morgan fingerprint density at radius 1 is 1.43 bits per heavy atom. The lowest BCUT2D eigenvalue weighted by molar-refractivity contribution is 0.0527. The summed E-state index contributed by atoms with van der Waals surface area (Å²) in [5, 5.41) is 18.2. The molecule has 5 nitrogen and oxygen atoms in total. The minimum Gasteiger partial charge on any atom is -0.384 e. The number of nitrogens with zero attached hydrogens (tertiary/aromatic N) is 2. The lowest BCUT2D eigenvalue weighted by Crippen LogP contribution is -2.39. The van der Waals surface area contributed by atoms with E-state index >= 15 is 0 Å². The molecule has 23 heavy (non-hydrogen) atoms. The number of carbonyl (C=O) groups is 1. The number of benzene rings is 1. The first-order chi connectivity index (χ1) is 11.0. The van der Waals surface area contributed by atoms with Crippen molar-refractivity contribution in [1.29, 1.82) is 0 Å². The normalized spacial score (nSPS) is 16.5. The molecule has 0 bridgehead atoms. The van der Waals surface area contributed by atoms with Crippen LogP contribution in [0.3, 0.4) is 0 Å². The Morgan fingerprint density at radius 2 is 2.22 bits per heavy atom. The molecule has 2 N–H and O–H groups in total. The van der Waals surface area contributed by atoms with Crippen LogP contribution in [0.25, 0.3) is 0 Å². The van der Waals surface area contributed by atoms with Crippen LogP contribution in [0.1, 0.15) is 41.4 Å². The maximum atomic E-state index is 12.4. The molecule has 0 spiro atoms. The van der Waals surface area contributed by atoms with Crippen molar-refractivity contribution in [3.63, 3.8) is 0 Å². The Labute approximate surface area is 140 Å². The molecular weight excluding hydrogens is 314 g/mol. The molecule has 0 aliphatic carbocycles. The number of hydrogen-bond donors (Lipinski definition) is 2. The predicted octanol–water partition coefficient (Wildman–Crippen LogP) is 2.51. The van der Waals surface area contributed by atoms with Gasteiger partial charge in [-0.25, -0.2) is 0 Å². The maximum Gasteiger partial charge on any atom is 0.254 e. The maximum absolute atomic E-state index is 12.4. The van der Waals surface area contributed by atoms with Crippen molar-refractivity contribution in [2.75, 3.05) is 6.54 Å². The van der Waals surface area contributed by atoms with Crippen molar-refractivity contribution in [3.8, 4) is 0 Å². The third-order valence-corrected chi connectivity index (χ3v) is 4.60. The fourth-order valence-electron chi connectivity index (χ4n) is 2.95. The third-order valence-electron chi connectivity index (χ3n) is 4.27. The largest absolute Gasteiger partial charge is 0.384 e. The summed E-state index contributed by atoms with van der Waals surface area (Å²) < 4.78 is 1.89. The number of aliphatic hydroxyl groups is 1. The van der Waals surface area contributed by atoms with E-state index < -0.39 is 5.60 Å².